The van der Waals surface area contributed by atoms with Crippen molar-refractivity contribution in [2.75, 3.05) is 7.11 Å². The molecule has 2 bridgehead atoms. The summed E-state index contributed by atoms with van der Waals surface area (Å²) in [6, 6.07) is 0.0659. The van der Waals surface area contributed by atoms with E-state index in [2.05, 4.69) is 0 Å². The van der Waals surface area contributed by atoms with Gasteiger partial charge in [0, 0.05) is 6.04 Å². The van der Waals surface area contributed by atoms with Crippen LogP contribution in [0, 0.1) is 17.8 Å². The molecule has 0 heterocycles. The van der Waals surface area contributed by atoms with Gasteiger partial charge in [0.05, 0.1) is 13.0 Å². The summed E-state index contributed by atoms with van der Waals surface area (Å²) < 4.78 is 4.74. The van der Waals surface area contributed by atoms with Crippen LogP contribution >= 0.6 is 0 Å². The molecule has 4 atom stereocenters. The number of hydrogen-bond donors (Lipinski definition) is 1. The third-order valence-corrected chi connectivity index (χ3v) is 3.45. The zero-order valence-electron chi connectivity index (χ0n) is 7.32. The lowest BCUT2D eigenvalue weighted by Gasteiger charge is -2.25. The van der Waals surface area contributed by atoms with Crippen molar-refractivity contribution in [2.24, 2.45) is 23.5 Å². The van der Waals surface area contributed by atoms with E-state index < -0.39 is 0 Å². The van der Waals surface area contributed by atoms with E-state index in [0.29, 0.717) is 11.8 Å². The van der Waals surface area contributed by atoms with Crippen molar-refractivity contribution < 1.29 is 9.53 Å². The van der Waals surface area contributed by atoms with Gasteiger partial charge in [-0.05, 0) is 31.1 Å². The van der Waals surface area contributed by atoms with Gasteiger partial charge >= 0.3 is 5.97 Å². The van der Waals surface area contributed by atoms with Crippen LogP contribution in [-0.2, 0) is 9.53 Å². The number of rotatable bonds is 1. The SMILES string of the molecule is COC(=O)[C@H]1[C@H]2CC[C@H](C2)[C@@H]1N. The number of carbonyl (C=O) groups excluding carboxylic acids is 1. The fraction of sp³-hybridized carbons (Fsp3) is 0.889. The third-order valence-electron chi connectivity index (χ3n) is 3.45. The Balaban J connectivity index is 2.12. The fourth-order valence-electron chi connectivity index (χ4n) is 2.82. The summed E-state index contributed by atoms with van der Waals surface area (Å²) in [6.07, 6.45) is 3.51. The highest BCUT2D eigenvalue weighted by molar-refractivity contribution is 5.74. The van der Waals surface area contributed by atoms with E-state index in [9.17, 15) is 4.79 Å². The normalized spacial score (nSPS) is 44.8. The second-order valence-electron chi connectivity index (χ2n) is 3.96. The largest absolute Gasteiger partial charge is 0.469 e. The van der Waals surface area contributed by atoms with Crippen molar-refractivity contribution in [1.29, 1.82) is 0 Å². The number of ether oxygens (including phenoxy) is 1. The molecular weight excluding hydrogens is 154 g/mol. The Labute approximate surface area is 72.3 Å². The van der Waals surface area contributed by atoms with Gasteiger partial charge in [-0.1, -0.05) is 0 Å². The molecule has 2 aliphatic carbocycles. The summed E-state index contributed by atoms with van der Waals surface area (Å²) in [5, 5.41) is 0. The highest BCUT2D eigenvalue weighted by atomic mass is 16.5. The first-order valence-corrected chi connectivity index (χ1v) is 4.57. The van der Waals surface area contributed by atoms with Crippen molar-refractivity contribution in [3.63, 3.8) is 0 Å². The van der Waals surface area contributed by atoms with Gasteiger partial charge in [0.15, 0.2) is 0 Å². The van der Waals surface area contributed by atoms with Crippen LogP contribution in [0.1, 0.15) is 19.3 Å². The second kappa shape index (κ2) is 2.73. The molecule has 0 aromatic rings. The first-order valence-electron chi connectivity index (χ1n) is 4.57. The molecule has 2 saturated carbocycles. The van der Waals surface area contributed by atoms with Crippen molar-refractivity contribution in [1.82, 2.24) is 0 Å². The van der Waals surface area contributed by atoms with Crippen molar-refractivity contribution in [3.05, 3.63) is 0 Å². The smallest absolute Gasteiger partial charge is 0.310 e. The average molecular weight is 169 g/mol. The maximum Gasteiger partial charge on any atom is 0.310 e. The first-order chi connectivity index (χ1) is 5.74. The van der Waals surface area contributed by atoms with Crippen LogP contribution in [0.5, 0.6) is 0 Å². The molecule has 2 aliphatic rings. The van der Waals surface area contributed by atoms with Gasteiger partial charge in [-0.2, -0.15) is 0 Å². The molecule has 0 aliphatic heterocycles. The Bertz CT molecular complexity index is 203. The van der Waals surface area contributed by atoms with E-state index in [1.165, 1.54) is 13.5 Å². The monoisotopic (exact) mass is 169 g/mol. The summed E-state index contributed by atoms with van der Waals surface area (Å²) >= 11 is 0. The molecule has 0 aromatic carbocycles. The maximum atomic E-state index is 11.3. The third kappa shape index (κ3) is 0.959. The number of hydrogen-bond acceptors (Lipinski definition) is 3. The molecule has 12 heavy (non-hydrogen) atoms. The molecule has 68 valence electrons. The fourth-order valence-corrected chi connectivity index (χ4v) is 2.82. The summed E-state index contributed by atoms with van der Waals surface area (Å²) in [5.74, 6) is 0.986. The van der Waals surface area contributed by atoms with E-state index in [1.807, 2.05) is 0 Å². The van der Waals surface area contributed by atoms with Crippen LogP contribution in [0.3, 0.4) is 0 Å². The van der Waals surface area contributed by atoms with E-state index >= 15 is 0 Å². The minimum atomic E-state index is -0.102. The van der Waals surface area contributed by atoms with E-state index in [1.54, 1.807) is 0 Å². The average Bonchev–Trinajstić information content (AvgIpc) is 2.63. The van der Waals surface area contributed by atoms with Crippen LogP contribution in [0.2, 0.25) is 0 Å². The molecule has 0 unspecified atom stereocenters. The minimum Gasteiger partial charge on any atom is -0.469 e. The molecule has 3 nitrogen and oxygen atoms in total. The summed E-state index contributed by atoms with van der Waals surface area (Å²) in [6.45, 7) is 0. The number of esters is 1. The van der Waals surface area contributed by atoms with Crippen LogP contribution in [0.25, 0.3) is 0 Å². The second-order valence-corrected chi connectivity index (χ2v) is 3.96. The number of carbonyl (C=O) groups is 1. The van der Waals surface area contributed by atoms with Gasteiger partial charge < -0.3 is 10.5 Å². The van der Waals surface area contributed by atoms with Gasteiger partial charge in [0.1, 0.15) is 0 Å². The lowest BCUT2D eigenvalue weighted by Crippen LogP contribution is -2.40. The van der Waals surface area contributed by atoms with E-state index in [-0.39, 0.29) is 17.9 Å². The minimum absolute atomic E-state index is 0.00579. The zero-order chi connectivity index (χ0) is 8.72. The van der Waals surface area contributed by atoms with Crippen LogP contribution in [0.4, 0.5) is 0 Å². The van der Waals surface area contributed by atoms with Gasteiger partial charge in [-0.15, -0.1) is 0 Å². The molecule has 0 saturated heterocycles. The molecular formula is C9H15NO2. The molecule has 2 fully saturated rings. The molecule has 0 radical (unpaired) electrons. The molecule has 3 heteroatoms. The van der Waals surface area contributed by atoms with Gasteiger partial charge in [-0.25, -0.2) is 0 Å². The van der Waals surface area contributed by atoms with Crippen molar-refractivity contribution in [2.45, 2.75) is 25.3 Å². The number of methoxy groups -OCH3 is 1. The Hall–Kier alpha value is -0.570. The topological polar surface area (TPSA) is 52.3 Å². The van der Waals surface area contributed by atoms with E-state index in [0.717, 1.165) is 12.8 Å². The Morgan fingerprint density at radius 3 is 2.58 bits per heavy atom. The molecule has 0 amide bonds. The predicted octanol–water partition coefficient (Wildman–Crippen LogP) is 0.533. The molecule has 0 aromatic heterocycles. The summed E-state index contributed by atoms with van der Waals surface area (Å²) in [4.78, 5) is 11.3. The number of fused-ring (bicyclic) bond motifs is 2. The predicted molar refractivity (Wildman–Crippen MR) is 44.3 cm³/mol. The van der Waals surface area contributed by atoms with Crippen LogP contribution in [-0.4, -0.2) is 19.1 Å². The van der Waals surface area contributed by atoms with Crippen molar-refractivity contribution >= 4 is 5.97 Å². The highest BCUT2D eigenvalue weighted by Crippen LogP contribution is 2.47. The van der Waals surface area contributed by atoms with Crippen LogP contribution < -0.4 is 5.73 Å². The maximum absolute atomic E-state index is 11.3. The van der Waals surface area contributed by atoms with Crippen LogP contribution in [0.15, 0.2) is 0 Å². The Morgan fingerprint density at radius 2 is 2.08 bits per heavy atom. The van der Waals surface area contributed by atoms with Gasteiger partial charge in [-0.3, -0.25) is 4.79 Å². The Kier molecular flexibility index (Phi) is 1.83. The quantitative estimate of drug-likeness (QED) is 0.583. The molecule has 2 N–H and O–H groups in total. The molecule has 0 spiro atoms. The van der Waals surface area contributed by atoms with Gasteiger partial charge in [0.25, 0.3) is 0 Å². The Morgan fingerprint density at radius 1 is 1.42 bits per heavy atom. The lowest BCUT2D eigenvalue weighted by atomic mass is 9.85. The first kappa shape index (κ1) is 8.05. The van der Waals surface area contributed by atoms with Crippen molar-refractivity contribution in [3.8, 4) is 0 Å². The zero-order valence-corrected chi connectivity index (χ0v) is 7.32. The number of nitrogens with two attached hydrogens (primary N) is 1. The lowest BCUT2D eigenvalue weighted by molar-refractivity contribution is -0.147. The molecule has 2 rings (SSSR count). The highest BCUT2D eigenvalue weighted by Gasteiger charge is 2.49. The van der Waals surface area contributed by atoms with E-state index in [4.69, 9.17) is 10.5 Å². The standard InChI is InChI=1S/C9H15NO2/c1-12-9(11)7-5-2-3-6(4-5)8(7)10/h5-8H,2-4,10H2,1H3/t5-,6+,7-,8-/m0/s1. The summed E-state index contributed by atoms with van der Waals surface area (Å²) in [5.41, 5.74) is 5.94. The summed E-state index contributed by atoms with van der Waals surface area (Å²) in [7, 11) is 1.45. The van der Waals surface area contributed by atoms with Gasteiger partial charge in [0.2, 0.25) is 0 Å².